The molecule has 1 saturated heterocycles. The fourth-order valence-electron chi connectivity index (χ4n) is 2.69. The molecule has 0 radical (unpaired) electrons. The van der Waals surface area contributed by atoms with Gasteiger partial charge in [0.1, 0.15) is 5.60 Å². The van der Waals surface area contributed by atoms with E-state index in [-0.39, 0.29) is 5.56 Å². The van der Waals surface area contributed by atoms with E-state index in [1.165, 1.54) is 12.1 Å². The minimum absolute atomic E-state index is 0.186. The van der Waals surface area contributed by atoms with Crippen LogP contribution in [0, 0.1) is 0 Å². The van der Waals surface area contributed by atoms with Crippen molar-refractivity contribution in [2.45, 2.75) is 44.5 Å². The molecule has 2 rings (SSSR count). The molecule has 1 aromatic carbocycles. The smallest absolute Gasteiger partial charge is 0.416 e. The summed E-state index contributed by atoms with van der Waals surface area (Å²) in [6.45, 7) is 5.96. The van der Waals surface area contributed by atoms with Crippen LogP contribution in [0.15, 0.2) is 24.3 Å². The zero-order valence-corrected chi connectivity index (χ0v) is 13.3. The van der Waals surface area contributed by atoms with Gasteiger partial charge in [-0.05, 0) is 32.4 Å². The lowest BCUT2D eigenvalue weighted by Crippen LogP contribution is -2.42. The fraction of sp³-hybridized carbons (Fsp3) is 0.562. The summed E-state index contributed by atoms with van der Waals surface area (Å²) in [5.74, 6) is -0.458. The number of carbonyl (C=O) groups excluding carboxylic acids is 1. The summed E-state index contributed by atoms with van der Waals surface area (Å²) in [7, 11) is 0. The second kappa shape index (κ2) is 6.39. The number of ether oxygens (including phenoxy) is 1. The number of amides is 1. The maximum absolute atomic E-state index is 13.2. The number of hydrogen-bond donors (Lipinski definition) is 2. The molecule has 0 unspecified atom stereocenters. The first-order valence-corrected chi connectivity index (χ1v) is 7.44. The Balaban J connectivity index is 2.18. The first kappa shape index (κ1) is 17.6. The molecule has 1 aliphatic rings. The summed E-state index contributed by atoms with van der Waals surface area (Å²) >= 11 is 0. The summed E-state index contributed by atoms with van der Waals surface area (Å²) < 4.78 is 44.7. The molecule has 128 valence electrons. The number of carbonyl (C=O) groups is 1. The van der Waals surface area contributed by atoms with E-state index in [4.69, 9.17) is 4.74 Å². The topological polar surface area (TPSA) is 50.4 Å². The van der Waals surface area contributed by atoms with Crippen molar-refractivity contribution < 1.29 is 22.7 Å². The summed E-state index contributed by atoms with van der Waals surface area (Å²) in [4.78, 5) is 11.9. The second-order valence-corrected chi connectivity index (χ2v) is 6.60. The van der Waals surface area contributed by atoms with Gasteiger partial charge in [-0.15, -0.1) is 0 Å². The Morgan fingerprint density at radius 3 is 2.48 bits per heavy atom. The van der Waals surface area contributed by atoms with Gasteiger partial charge in [-0.25, -0.2) is 4.79 Å². The normalized spacial score (nSPS) is 22.0. The number of rotatable bonds is 2. The Morgan fingerprint density at radius 2 is 1.87 bits per heavy atom. The van der Waals surface area contributed by atoms with E-state index in [0.29, 0.717) is 13.1 Å². The van der Waals surface area contributed by atoms with Crippen LogP contribution in [0.3, 0.4) is 0 Å². The SMILES string of the molecule is CC(C)(C)OC(=O)N[C@H]1CNC[C@@H]1c1ccccc1C(F)(F)F. The molecular formula is C16H21F3N2O2. The maximum atomic E-state index is 13.2. The van der Waals surface area contributed by atoms with Crippen LogP contribution in [0.1, 0.15) is 37.8 Å². The molecule has 4 nitrogen and oxygen atoms in total. The Hall–Kier alpha value is -1.76. The standard InChI is InChI=1S/C16H21F3N2O2/c1-15(2,3)23-14(22)21-13-9-20-8-11(13)10-6-4-5-7-12(10)16(17,18)19/h4-7,11,13,20H,8-9H2,1-3H3,(H,21,22)/t11-,13+/m1/s1. The molecule has 0 aliphatic carbocycles. The number of halogens is 3. The summed E-state index contributed by atoms with van der Waals surface area (Å²) in [5.41, 5.74) is -1.13. The van der Waals surface area contributed by atoms with Crippen molar-refractivity contribution in [3.63, 3.8) is 0 Å². The van der Waals surface area contributed by atoms with Gasteiger partial charge in [0.05, 0.1) is 11.6 Å². The van der Waals surface area contributed by atoms with Crippen molar-refractivity contribution >= 4 is 6.09 Å². The third-order valence-electron chi connectivity index (χ3n) is 3.58. The number of alkyl halides is 3. The monoisotopic (exact) mass is 330 g/mol. The zero-order valence-electron chi connectivity index (χ0n) is 13.3. The largest absolute Gasteiger partial charge is 0.444 e. The highest BCUT2D eigenvalue weighted by Gasteiger charge is 2.39. The van der Waals surface area contributed by atoms with Crippen molar-refractivity contribution in [2.75, 3.05) is 13.1 Å². The van der Waals surface area contributed by atoms with Gasteiger partial charge in [0.2, 0.25) is 0 Å². The number of alkyl carbamates (subject to hydrolysis) is 1. The lowest BCUT2D eigenvalue weighted by molar-refractivity contribution is -0.138. The van der Waals surface area contributed by atoms with Gasteiger partial charge >= 0.3 is 12.3 Å². The van der Waals surface area contributed by atoms with Crippen LogP contribution in [0.4, 0.5) is 18.0 Å². The highest BCUT2D eigenvalue weighted by molar-refractivity contribution is 5.68. The van der Waals surface area contributed by atoms with Gasteiger partial charge in [0.25, 0.3) is 0 Å². The van der Waals surface area contributed by atoms with Gasteiger partial charge in [0.15, 0.2) is 0 Å². The van der Waals surface area contributed by atoms with Crippen LogP contribution >= 0.6 is 0 Å². The van der Waals surface area contributed by atoms with Crippen LogP contribution in [0.2, 0.25) is 0 Å². The highest BCUT2D eigenvalue weighted by Crippen LogP contribution is 2.37. The third-order valence-corrected chi connectivity index (χ3v) is 3.58. The molecule has 1 fully saturated rings. The van der Waals surface area contributed by atoms with E-state index in [0.717, 1.165) is 6.07 Å². The van der Waals surface area contributed by atoms with Gasteiger partial charge in [-0.2, -0.15) is 13.2 Å². The molecule has 1 aliphatic heterocycles. The molecule has 1 aromatic rings. The van der Waals surface area contributed by atoms with E-state index in [2.05, 4.69) is 10.6 Å². The Labute approximate surface area is 133 Å². The first-order valence-electron chi connectivity index (χ1n) is 7.44. The molecule has 7 heteroatoms. The van der Waals surface area contributed by atoms with Crippen LogP contribution in [0.5, 0.6) is 0 Å². The van der Waals surface area contributed by atoms with E-state index in [1.54, 1.807) is 26.8 Å². The predicted molar refractivity (Wildman–Crippen MR) is 80.2 cm³/mol. The second-order valence-electron chi connectivity index (χ2n) is 6.60. The minimum atomic E-state index is -4.42. The maximum Gasteiger partial charge on any atom is 0.416 e. The van der Waals surface area contributed by atoms with E-state index < -0.39 is 35.4 Å². The molecule has 0 aromatic heterocycles. The Kier molecular flexibility index (Phi) is 4.89. The fourth-order valence-corrected chi connectivity index (χ4v) is 2.69. The molecule has 1 amide bonds. The van der Waals surface area contributed by atoms with Gasteiger partial charge in [-0.1, -0.05) is 18.2 Å². The molecule has 2 N–H and O–H groups in total. The van der Waals surface area contributed by atoms with Crippen molar-refractivity contribution in [1.82, 2.24) is 10.6 Å². The Bertz CT molecular complexity index is 567. The third kappa shape index (κ3) is 4.60. The minimum Gasteiger partial charge on any atom is -0.444 e. The number of nitrogens with one attached hydrogen (secondary N) is 2. The van der Waals surface area contributed by atoms with Crippen LogP contribution in [0.25, 0.3) is 0 Å². The summed E-state index contributed by atoms with van der Waals surface area (Å²) in [5, 5.41) is 5.70. The Morgan fingerprint density at radius 1 is 1.22 bits per heavy atom. The molecule has 2 atom stereocenters. The van der Waals surface area contributed by atoms with E-state index in [1.807, 2.05) is 0 Å². The summed E-state index contributed by atoms with van der Waals surface area (Å²) in [6, 6.07) is 5.02. The van der Waals surface area contributed by atoms with Crippen LogP contribution in [-0.2, 0) is 10.9 Å². The predicted octanol–water partition coefficient (Wildman–Crippen LogP) is 3.29. The van der Waals surface area contributed by atoms with Gasteiger partial charge in [-0.3, -0.25) is 0 Å². The molecule has 23 heavy (non-hydrogen) atoms. The first-order chi connectivity index (χ1) is 10.6. The molecular weight excluding hydrogens is 309 g/mol. The molecule has 0 saturated carbocycles. The zero-order chi connectivity index (χ0) is 17.3. The summed E-state index contributed by atoms with van der Waals surface area (Å²) in [6.07, 6.45) is -5.05. The molecule has 0 spiro atoms. The number of benzene rings is 1. The molecule has 1 heterocycles. The van der Waals surface area contributed by atoms with Gasteiger partial charge in [0, 0.05) is 19.0 Å². The average Bonchev–Trinajstić information content (AvgIpc) is 2.83. The highest BCUT2D eigenvalue weighted by atomic mass is 19.4. The van der Waals surface area contributed by atoms with Crippen LogP contribution in [-0.4, -0.2) is 30.8 Å². The lowest BCUT2D eigenvalue weighted by Gasteiger charge is -2.25. The quantitative estimate of drug-likeness (QED) is 0.875. The van der Waals surface area contributed by atoms with Crippen molar-refractivity contribution in [3.8, 4) is 0 Å². The van der Waals surface area contributed by atoms with E-state index >= 15 is 0 Å². The van der Waals surface area contributed by atoms with Crippen molar-refractivity contribution in [3.05, 3.63) is 35.4 Å². The number of hydrogen-bond acceptors (Lipinski definition) is 3. The lowest BCUT2D eigenvalue weighted by atomic mass is 9.90. The van der Waals surface area contributed by atoms with E-state index in [9.17, 15) is 18.0 Å². The van der Waals surface area contributed by atoms with Crippen LogP contribution < -0.4 is 10.6 Å². The van der Waals surface area contributed by atoms with Gasteiger partial charge < -0.3 is 15.4 Å². The molecule has 0 bridgehead atoms. The van der Waals surface area contributed by atoms with Crippen molar-refractivity contribution in [2.24, 2.45) is 0 Å². The van der Waals surface area contributed by atoms with Crippen molar-refractivity contribution in [1.29, 1.82) is 0 Å². The average molecular weight is 330 g/mol.